The van der Waals surface area contributed by atoms with E-state index in [9.17, 15) is 0 Å². The van der Waals surface area contributed by atoms with Crippen LogP contribution in [0.1, 0.15) is 53.9 Å². The summed E-state index contributed by atoms with van der Waals surface area (Å²) >= 11 is 0. The summed E-state index contributed by atoms with van der Waals surface area (Å²) in [6.07, 6.45) is 3.86. The van der Waals surface area contributed by atoms with Crippen molar-refractivity contribution in [1.29, 1.82) is 0 Å². The second-order valence-corrected chi connectivity index (χ2v) is 8.23. The fourth-order valence-corrected chi connectivity index (χ4v) is 4.82. The second-order valence-electron chi connectivity index (χ2n) is 8.23. The summed E-state index contributed by atoms with van der Waals surface area (Å²) in [6, 6.07) is 0. The van der Waals surface area contributed by atoms with E-state index >= 15 is 0 Å². The van der Waals surface area contributed by atoms with Gasteiger partial charge in [-0.2, -0.15) is 0 Å². The van der Waals surface area contributed by atoms with E-state index in [1.807, 2.05) is 0 Å². The minimum absolute atomic E-state index is 0.0736. The molecule has 1 saturated heterocycles. The summed E-state index contributed by atoms with van der Waals surface area (Å²) in [6.45, 7) is 11.6. The molecule has 0 aromatic carbocycles. The first-order valence-electron chi connectivity index (χ1n) is 7.91. The predicted molar refractivity (Wildman–Crippen MR) is 76.2 cm³/mol. The topological polar surface area (TPSA) is 46.1 Å². The summed E-state index contributed by atoms with van der Waals surface area (Å²) in [4.78, 5) is 0. The van der Waals surface area contributed by atoms with Gasteiger partial charge in [0.15, 0.2) is 0 Å². The Morgan fingerprint density at radius 3 is 2.53 bits per heavy atom. The van der Waals surface area contributed by atoms with Gasteiger partial charge in [0, 0.05) is 0 Å². The van der Waals surface area contributed by atoms with E-state index in [1.54, 1.807) is 0 Å². The van der Waals surface area contributed by atoms with Gasteiger partial charge in [-0.25, -0.2) is 0 Å². The van der Waals surface area contributed by atoms with Crippen LogP contribution >= 0.6 is 0 Å². The van der Waals surface area contributed by atoms with Crippen LogP contribution in [0.15, 0.2) is 0 Å². The van der Waals surface area contributed by atoms with E-state index in [1.165, 1.54) is 12.8 Å². The minimum Gasteiger partial charge on any atom is -0.401 e. The van der Waals surface area contributed by atoms with Crippen molar-refractivity contribution >= 4 is 7.12 Å². The fourth-order valence-electron chi connectivity index (χ4n) is 4.82. The molecular weight excluding hydrogens is 237 g/mol. The Bertz CT molecular complexity index is 373. The molecule has 1 aliphatic heterocycles. The third-order valence-corrected chi connectivity index (χ3v) is 6.13. The maximum absolute atomic E-state index is 6.42. The van der Waals surface area contributed by atoms with Crippen LogP contribution in [0.2, 0.25) is 0 Å². The highest BCUT2D eigenvalue weighted by atomic mass is 16.7. The van der Waals surface area contributed by atoms with Gasteiger partial charge >= 0.3 is 7.12 Å². The van der Waals surface area contributed by atoms with Crippen molar-refractivity contribution in [2.75, 3.05) is 0 Å². The van der Waals surface area contributed by atoms with Gasteiger partial charge in [0.1, 0.15) is 5.94 Å². The number of rotatable bonds is 3. The van der Waals surface area contributed by atoms with Gasteiger partial charge in [-0.15, -0.1) is 0 Å². The number of quaternary nitrogens is 1. The lowest BCUT2D eigenvalue weighted by Crippen LogP contribution is -2.69. The molecule has 4 fully saturated rings. The van der Waals surface area contributed by atoms with E-state index in [0.717, 1.165) is 12.3 Å². The second kappa shape index (κ2) is 4.22. The zero-order valence-electron chi connectivity index (χ0n) is 13.1. The lowest BCUT2D eigenvalue weighted by molar-refractivity contribution is -0.400. The molecule has 3 saturated carbocycles. The average molecular weight is 266 g/mol. The standard InChI is InChI=1S/C15H28BNO2/c1-9(2)6-13(17)16-18-12-8-10-7-11(14(10,3)4)15(12,5)19-16/h9-13H,6-8,17H2,1-5H3/p+1/t10-,11-,12+,13-,15-/m0/s1. The van der Waals surface area contributed by atoms with Crippen molar-refractivity contribution < 1.29 is 15.0 Å². The molecule has 2 bridgehead atoms. The quantitative estimate of drug-likeness (QED) is 0.793. The summed E-state index contributed by atoms with van der Waals surface area (Å²) in [5.41, 5.74) is 4.63. The predicted octanol–water partition coefficient (Wildman–Crippen LogP) is 1.91. The smallest absolute Gasteiger partial charge is 0.401 e. The van der Waals surface area contributed by atoms with Gasteiger partial charge < -0.3 is 15.0 Å². The van der Waals surface area contributed by atoms with Crippen LogP contribution in [-0.2, 0) is 9.31 Å². The number of hydrogen-bond acceptors (Lipinski definition) is 2. The molecule has 0 aromatic heterocycles. The molecule has 19 heavy (non-hydrogen) atoms. The van der Waals surface area contributed by atoms with Crippen LogP contribution < -0.4 is 5.73 Å². The Kier molecular flexibility index (Phi) is 3.09. The Labute approximate surface area is 117 Å². The lowest BCUT2D eigenvalue weighted by Gasteiger charge is -2.64. The maximum atomic E-state index is 6.42. The average Bonchev–Trinajstić information content (AvgIpc) is 2.64. The van der Waals surface area contributed by atoms with Gasteiger partial charge in [-0.05, 0) is 49.4 Å². The summed E-state index contributed by atoms with van der Waals surface area (Å²) in [7, 11) is -0.0902. The molecule has 4 aliphatic rings. The monoisotopic (exact) mass is 266 g/mol. The molecule has 4 heteroatoms. The first kappa shape index (κ1) is 13.9. The van der Waals surface area contributed by atoms with Gasteiger partial charge in [-0.1, -0.05) is 27.7 Å². The fraction of sp³-hybridized carbons (Fsp3) is 1.00. The van der Waals surface area contributed by atoms with Crippen molar-refractivity contribution in [2.45, 2.75) is 71.5 Å². The first-order valence-corrected chi connectivity index (χ1v) is 7.91. The third-order valence-electron chi connectivity index (χ3n) is 6.13. The normalized spacial score (nSPS) is 45.0. The molecule has 108 valence electrons. The van der Waals surface area contributed by atoms with Crippen molar-refractivity contribution in [3.05, 3.63) is 0 Å². The first-order chi connectivity index (χ1) is 8.75. The largest absolute Gasteiger partial charge is 0.521 e. The minimum atomic E-state index is -0.0902. The third kappa shape index (κ3) is 1.90. The van der Waals surface area contributed by atoms with Crippen LogP contribution in [0.25, 0.3) is 0 Å². The van der Waals surface area contributed by atoms with E-state index in [4.69, 9.17) is 9.31 Å². The van der Waals surface area contributed by atoms with E-state index in [-0.39, 0.29) is 18.7 Å². The van der Waals surface area contributed by atoms with Crippen molar-refractivity contribution in [1.82, 2.24) is 0 Å². The molecule has 3 aliphatic carbocycles. The molecule has 0 aromatic rings. The molecule has 0 unspecified atom stereocenters. The molecule has 0 spiro atoms. The van der Waals surface area contributed by atoms with E-state index in [0.29, 0.717) is 23.4 Å². The van der Waals surface area contributed by atoms with Crippen LogP contribution in [0, 0.1) is 23.2 Å². The summed E-state index contributed by atoms with van der Waals surface area (Å²) < 4.78 is 12.7. The highest BCUT2D eigenvalue weighted by Crippen LogP contribution is 2.65. The Morgan fingerprint density at radius 1 is 1.26 bits per heavy atom. The van der Waals surface area contributed by atoms with Gasteiger partial charge in [0.2, 0.25) is 0 Å². The molecule has 0 radical (unpaired) electrons. The molecule has 0 amide bonds. The molecular formula is C15H29BNO2+. The van der Waals surface area contributed by atoms with E-state index < -0.39 is 0 Å². The highest BCUT2D eigenvalue weighted by molar-refractivity contribution is 6.46. The maximum Gasteiger partial charge on any atom is 0.521 e. The molecule has 3 N–H and O–H groups in total. The lowest BCUT2D eigenvalue weighted by atomic mass is 9.43. The van der Waals surface area contributed by atoms with Gasteiger partial charge in [0.05, 0.1) is 11.7 Å². The zero-order chi connectivity index (χ0) is 14.0. The number of hydrogen-bond donors (Lipinski definition) is 1. The van der Waals surface area contributed by atoms with Crippen LogP contribution in [0.3, 0.4) is 0 Å². The SMILES string of the molecule is CC(C)C[C@H]([NH3+])B1O[C@@H]2C[C@@H]3C[C@@H](C3(C)C)[C@]2(C)O1. The van der Waals surface area contributed by atoms with Crippen molar-refractivity contribution in [2.24, 2.45) is 23.2 Å². The van der Waals surface area contributed by atoms with Gasteiger partial charge in [-0.3, -0.25) is 0 Å². The Balaban J connectivity index is 1.74. The summed E-state index contributed by atoms with van der Waals surface area (Å²) in [5, 5.41) is 0. The highest BCUT2D eigenvalue weighted by Gasteiger charge is 2.68. The van der Waals surface area contributed by atoms with Crippen molar-refractivity contribution in [3.63, 3.8) is 0 Å². The molecule has 4 rings (SSSR count). The van der Waals surface area contributed by atoms with Gasteiger partial charge in [0.25, 0.3) is 0 Å². The van der Waals surface area contributed by atoms with Crippen LogP contribution in [-0.4, -0.2) is 24.8 Å². The molecule has 3 nitrogen and oxygen atoms in total. The molecule has 5 atom stereocenters. The molecule has 1 heterocycles. The summed E-state index contributed by atoms with van der Waals surface area (Å²) in [5.74, 6) is 2.38. The Hall–Kier alpha value is -0.0551. The Morgan fingerprint density at radius 2 is 1.95 bits per heavy atom. The van der Waals surface area contributed by atoms with Crippen LogP contribution in [0.4, 0.5) is 0 Å². The van der Waals surface area contributed by atoms with E-state index in [2.05, 4.69) is 40.4 Å². The zero-order valence-corrected chi connectivity index (χ0v) is 13.1. The van der Waals surface area contributed by atoms with Crippen molar-refractivity contribution in [3.8, 4) is 0 Å². The van der Waals surface area contributed by atoms with Crippen LogP contribution in [0.5, 0.6) is 0 Å².